The lowest BCUT2D eigenvalue weighted by Gasteiger charge is -2.25. The van der Waals surface area contributed by atoms with Gasteiger partial charge in [0.2, 0.25) is 5.60 Å². The summed E-state index contributed by atoms with van der Waals surface area (Å²) in [6.07, 6.45) is 0.787. The first-order valence-electron chi connectivity index (χ1n) is 6.16. The first-order valence-corrected chi connectivity index (χ1v) is 6.16. The summed E-state index contributed by atoms with van der Waals surface area (Å²) in [7, 11) is -0.332. The van der Waals surface area contributed by atoms with Gasteiger partial charge in [0, 0.05) is 12.7 Å². The van der Waals surface area contributed by atoms with Crippen LogP contribution in [-0.4, -0.2) is 30.9 Å². The van der Waals surface area contributed by atoms with Crippen molar-refractivity contribution in [3.8, 4) is 0 Å². The second-order valence-electron chi connectivity index (χ2n) is 5.60. The second-order valence-corrected chi connectivity index (χ2v) is 5.60. The van der Waals surface area contributed by atoms with Crippen LogP contribution in [0, 0.1) is 12.8 Å². The quantitative estimate of drug-likeness (QED) is 0.428. The molecule has 0 spiro atoms. The van der Waals surface area contributed by atoms with Crippen molar-refractivity contribution in [2.24, 2.45) is 5.92 Å². The van der Waals surface area contributed by atoms with Gasteiger partial charge in [-0.25, -0.2) is 0 Å². The number of carbonyl (C=O) groups excluding carboxylic acids is 1. The van der Waals surface area contributed by atoms with Crippen LogP contribution >= 0.6 is 0 Å². The molecule has 94 valence electrons. The van der Waals surface area contributed by atoms with Gasteiger partial charge >= 0.3 is 13.1 Å². The van der Waals surface area contributed by atoms with E-state index in [4.69, 9.17) is 14.0 Å². The summed E-state index contributed by atoms with van der Waals surface area (Å²) >= 11 is 0. The molecule has 1 heterocycles. The van der Waals surface area contributed by atoms with E-state index in [1.807, 2.05) is 27.7 Å². The first-order chi connectivity index (χ1) is 7.78. The maximum absolute atomic E-state index is 11.5. The molecule has 2 rings (SSSR count). The topological polar surface area (TPSA) is 44.8 Å². The maximum Gasteiger partial charge on any atom is 0.465 e. The number of hydrogen-bond donors (Lipinski definition) is 0. The number of hydrogen-bond acceptors (Lipinski definition) is 4. The SMILES string of the molecule is [CH2+]C1(C)OB(C2CC2C(=O)OCC)OC1(C)C. The molecule has 1 aliphatic heterocycles. The molecule has 5 heteroatoms. The summed E-state index contributed by atoms with van der Waals surface area (Å²) in [6.45, 7) is 12.1. The second kappa shape index (κ2) is 3.92. The minimum absolute atomic E-state index is 0.0651. The lowest BCUT2D eigenvalue weighted by molar-refractivity contribution is -0.144. The van der Waals surface area contributed by atoms with Gasteiger partial charge < -0.3 is 14.0 Å². The van der Waals surface area contributed by atoms with Gasteiger partial charge in [-0.2, -0.15) is 0 Å². The minimum atomic E-state index is -0.570. The van der Waals surface area contributed by atoms with Gasteiger partial charge in [0.15, 0.2) is 0 Å². The van der Waals surface area contributed by atoms with Crippen molar-refractivity contribution in [3.05, 3.63) is 6.92 Å². The molecule has 3 unspecified atom stereocenters. The van der Waals surface area contributed by atoms with Crippen LogP contribution in [0.15, 0.2) is 0 Å². The highest BCUT2D eigenvalue weighted by molar-refractivity contribution is 6.49. The third kappa shape index (κ3) is 2.18. The molecule has 4 nitrogen and oxygen atoms in total. The van der Waals surface area contributed by atoms with Crippen LogP contribution in [0.2, 0.25) is 5.82 Å². The zero-order valence-corrected chi connectivity index (χ0v) is 11.0. The van der Waals surface area contributed by atoms with E-state index in [-0.39, 0.29) is 24.8 Å². The minimum Gasteiger partial charge on any atom is -0.466 e. The van der Waals surface area contributed by atoms with E-state index in [0.717, 1.165) is 6.42 Å². The molecule has 0 amide bonds. The Hall–Kier alpha value is -0.675. The Morgan fingerprint density at radius 1 is 1.47 bits per heavy atom. The molecule has 0 N–H and O–H groups in total. The first kappa shape index (κ1) is 12.8. The van der Waals surface area contributed by atoms with E-state index in [1.54, 1.807) is 0 Å². The highest BCUT2D eigenvalue weighted by Crippen LogP contribution is 2.53. The summed E-state index contributed by atoms with van der Waals surface area (Å²) in [5, 5.41) is 0. The molecule has 3 atom stereocenters. The van der Waals surface area contributed by atoms with Crippen LogP contribution in [0.25, 0.3) is 0 Å². The number of ether oxygens (including phenoxy) is 1. The molecular formula is C12H20BO4+. The van der Waals surface area contributed by atoms with Crippen molar-refractivity contribution in [1.29, 1.82) is 0 Å². The third-order valence-corrected chi connectivity index (χ3v) is 3.84. The maximum atomic E-state index is 11.5. The summed E-state index contributed by atoms with van der Waals surface area (Å²) in [5.74, 6) is -0.0817. The van der Waals surface area contributed by atoms with Crippen LogP contribution < -0.4 is 0 Å². The van der Waals surface area contributed by atoms with E-state index in [0.29, 0.717) is 6.61 Å². The normalized spacial score (nSPS) is 39.2. The fourth-order valence-electron chi connectivity index (χ4n) is 2.05. The Balaban J connectivity index is 1.94. The fourth-order valence-corrected chi connectivity index (χ4v) is 2.05. The zero-order valence-electron chi connectivity index (χ0n) is 11.0. The molecule has 17 heavy (non-hydrogen) atoms. The number of esters is 1. The Kier molecular flexibility index (Phi) is 2.95. The number of rotatable bonds is 3. The summed E-state index contributed by atoms with van der Waals surface area (Å²) in [5.41, 5.74) is -1.00. The predicted octanol–water partition coefficient (Wildman–Crippen LogP) is 1.85. The molecule has 2 fully saturated rings. The van der Waals surface area contributed by atoms with E-state index < -0.39 is 11.2 Å². The van der Waals surface area contributed by atoms with E-state index in [9.17, 15) is 4.79 Å². The number of carbonyl (C=O) groups is 1. The van der Waals surface area contributed by atoms with Gasteiger partial charge in [-0.3, -0.25) is 4.79 Å². The van der Waals surface area contributed by atoms with Crippen LogP contribution in [0.3, 0.4) is 0 Å². The van der Waals surface area contributed by atoms with Crippen molar-refractivity contribution in [2.45, 2.75) is 51.1 Å². The summed E-state index contributed by atoms with van der Waals surface area (Å²) < 4.78 is 16.7. The van der Waals surface area contributed by atoms with Crippen molar-refractivity contribution in [3.63, 3.8) is 0 Å². The van der Waals surface area contributed by atoms with E-state index >= 15 is 0 Å². The van der Waals surface area contributed by atoms with Gasteiger partial charge in [-0.15, -0.1) is 0 Å². The molecule has 1 saturated heterocycles. The highest BCUT2D eigenvalue weighted by Gasteiger charge is 2.64. The molecule has 0 aromatic rings. The average Bonchev–Trinajstić information content (AvgIpc) is 2.91. The Bertz CT molecular complexity index is 310. The average molecular weight is 239 g/mol. The van der Waals surface area contributed by atoms with Crippen LogP contribution in [0.4, 0.5) is 0 Å². The van der Waals surface area contributed by atoms with Crippen LogP contribution in [0.1, 0.15) is 34.1 Å². The van der Waals surface area contributed by atoms with Crippen molar-refractivity contribution in [2.75, 3.05) is 6.61 Å². The highest BCUT2D eigenvalue weighted by atomic mass is 16.7. The lowest BCUT2D eigenvalue weighted by Crippen LogP contribution is -2.42. The van der Waals surface area contributed by atoms with Crippen molar-refractivity contribution in [1.82, 2.24) is 0 Å². The largest absolute Gasteiger partial charge is 0.466 e. The van der Waals surface area contributed by atoms with Gasteiger partial charge in [-0.05, 0) is 27.2 Å². The Morgan fingerprint density at radius 2 is 2.12 bits per heavy atom. The lowest BCUT2D eigenvalue weighted by atomic mass is 9.80. The van der Waals surface area contributed by atoms with Crippen LogP contribution in [0.5, 0.6) is 0 Å². The molecule has 1 aliphatic carbocycles. The van der Waals surface area contributed by atoms with Crippen LogP contribution in [-0.2, 0) is 18.8 Å². The molecule has 2 aliphatic rings. The van der Waals surface area contributed by atoms with Gasteiger partial charge in [0.25, 0.3) is 0 Å². The molecular weight excluding hydrogens is 219 g/mol. The summed E-state index contributed by atoms with van der Waals surface area (Å²) in [6, 6.07) is 0. The Morgan fingerprint density at radius 3 is 2.59 bits per heavy atom. The standard InChI is InChI=1S/C12H20BO4/c1-6-15-10(14)8-7-9(8)13-16-11(2,3)12(4,5)17-13/h8-9H,2,6-7H2,1,3-5H3/q+1. The van der Waals surface area contributed by atoms with Crippen molar-refractivity contribution < 1.29 is 18.8 Å². The molecule has 0 aromatic carbocycles. The zero-order chi connectivity index (χ0) is 12.8. The van der Waals surface area contributed by atoms with Crippen molar-refractivity contribution >= 4 is 13.1 Å². The fraction of sp³-hybridized carbons (Fsp3) is 0.833. The van der Waals surface area contributed by atoms with E-state index in [2.05, 4.69) is 6.92 Å². The predicted molar refractivity (Wildman–Crippen MR) is 64.3 cm³/mol. The third-order valence-electron chi connectivity index (χ3n) is 3.84. The van der Waals surface area contributed by atoms with Gasteiger partial charge in [0.05, 0.1) is 19.4 Å². The monoisotopic (exact) mass is 239 g/mol. The van der Waals surface area contributed by atoms with E-state index in [1.165, 1.54) is 0 Å². The smallest absolute Gasteiger partial charge is 0.465 e. The molecule has 1 saturated carbocycles. The Labute approximate surface area is 103 Å². The summed E-state index contributed by atoms with van der Waals surface area (Å²) in [4.78, 5) is 11.5. The van der Waals surface area contributed by atoms with Gasteiger partial charge in [0.1, 0.15) is 5.60 Å². The molecule has 0 radical (unpaired) electrons. The molecule has 0 bridgehead atoms. The molecule has 0 aromatic heterocycles. The van der Waals surface area contributed by atoms with Gasteiger partial charge in [-0.1, -0.05) is 0 Å².